The Bertz CT molecular complexity index is 917. The number of ether oxygens (including phenoxy) is 1. The first-order chi connectivity index (χ1) is 13.6. The number of hydrogen-bond acceptors (Lipinski definition) is 3. The van der Waals surface area contributed by atoms with Gasteiger partial charge in [-0.2, -0.15) is 0 Å². The van der Waals surface area contributed by atoms with Crippen LogP contribution in [0.25, 0.3) is 0 Å². The summed E-state index contributed by atoms with van der Waals surface area (Å²) in [6.45, 7) is 1.09. The highest BCUT2D eigenvalue weighted by atomic mass is 19.1. The third-order valence-electron chi connectivity index (χ3n) is 6.19. The Morgan fingerprint density at radius 2 is 1.89 bits per heavy atom. The van der Waals surface area contributed by atoms with Crippen LogP contribution in [0.2, 0.25) is 0 Å². The van der Waals surface area contributed by atoms with Gasteiger partial charge in [-0.3, -0.25) is 9.59 Å². The normalized spacial score (nSPS) is 28.5. The van der Waals surface area contributed by atoms with Crippen LogP contribution in [0.1, 0.15) is 30.1 Å². The van der Waals surface area contributed by atoms with Crippen LogP contribution in [0.5, 0.6) is 0 Å². The van der Waals surface area contributed by atoms with Crippen LogP contribution in [0.15, 0.2) is 54.6 Å². The van der Waals surface area contributed by atoms with E-state index in [1.54, 1.807) is 17.0 Å². The first kappa shape index (κ1) is 17.4. The SMILES string of the molecule is O=C(Cc1ccc(F)cc1)N1CC[C@@]23O[C@@H](c4ccccc4)CN2C(=O)C[C@@H]13. The molecule has 0 bridgehead atoms. The van der Waals surface area contributed by atoms with Gasteiger partial charge in [0.05, 0.1) is 25.4 Å². The van der Waals surface area contributed by atoms with Crippen LogP contribution in [0, 0.1) is 5.82 Å². The Kier molecular flexibility index (Phi) is 3.98. The summed E-state index contributed by atoms with van der Waals surface area (Å²) in [5.41, 5.74) is 1.10. The number of carbonyl (C=O) groups is 2. The average molecular weight is 380 g/mol. The maximum atomic E-state index is 13.1. The molecule has 5 rings (SSSR count). The molecule has 3 heterocycles. The largest absolute Gasteiger partial charge is 0.343 e. The molecule has 2 amide bonds. The molecule has 3 aliphatic heterocycles. The third kappa shape index (κ3) is 2.63. The molecule has 3 fully saturated rings. The van der Waals surface area contributed by atoms with Gasteiger partial charge in [0.25, 0.3) is 0 Å². The summed E-state index contributed by atoms with van der Waals surface area (Å²) in [5, 5.41) is 0. The second kappa shape index (κ2) is 6.41. The maximum Gasteiger partial charge on any atom is 0.227 e. The van der Waals surface area contributed by atoms with E-state index in [1.807, 2.05) is 35.2 Å². The molecule has 0 aromatic heterocycles. The molecule has 1 spiro atoms. The Hall–Kier alpha value is -2.73. The van der Waals surface area contributed by atoms with Crippen LogP contribution >= 0.6 is 0 Å². The second-order valence-corrected chi connectivity index (χ2v) is 7.73. The number of halogens is 1. The van der Waals surface area contributed by atoms with E-state index < -0.39 is 5.72 Å². The Morgan fingerprint density at radius 1 is 1.14 bits per heavy atom. The predicted molar refractivity (Wildman–Crippen MR) is 99.6 cm³/mol. The van der Waals surface area contributed by atoms with Crippen molar-refractivity contribution in [2.24, 2.45) is 0 Å². The monoisotopic (exact) mass is 380 g/mol. The van der Waals surface area contributed by atoms with E-state index >= 15 is 0 Å². The molecule has 0 N–H and O–H groups in total. The highest BCUT2D eigenvalue weighted by Crippen LogP contribution is 2.50. The van der Waals surface area contributed by atoms with Crippen molar-refractivity contribution in [3.63, 3.8) is 0 Å². The number of rotatable bonds is 3. The molecule has 3 aliphatic rings. The van der Waals surface area contributed by atoms with Crippen molar-refractivity contribution in [1.29, 1.82) is 0 Å². The predicted octanol–water partition coefficient (Wildman–Crippen LogP) is 2.67. The lowest BCUT2D eigenvalue weighted by Crippen LogP contribution is -2.49. The molecule has 28 heavy (non-hydrogen) atoms. The Balaban J connectivity index is 1.37. The van der Waals surface area contributed by atoms with Gasteiger partial charge in [-0.15, -0.1) is 0 Å². The molecule has 6 heteroatoms. The van der Waals surface area contributed by atoms with Crippen molar-refractivity contribution >= 4 is 11.8 Å². The van der Waals surface area contributed by atoms with E-state index in [9.17, 15) is 14.0 Å². The molecular formula is C22H21FN2O3. The number of nitrogens with zero attached hydrogens (tertiary/aromatic N) is 2. The highest BCUT2D eigenvalue weighted by Gasteiger charge is 2.64. The number of likely N-dealkylation sites (tertiary alicyclic amines) is 1. The molecule has 0 aliphatic carbocycles. The number of hydrogen-bond donors (Lipinski definition) is 0. The minimum absolute atomic E-state index is 0.0442. The van der Waals surface area contributed by atoms with Gasteiger partial charge >= 0.3 is 0 Å². The van der Waals surface area contributed by atoms with Gasteiger partial charge in [-0.25, -0.2) is 4.39 Å². The molecule has 5 nitrogen and oxygen atoms in total. The van der Waals surface area contributed by atoms with E-state index in [4.69, 9.17) is 4.74 Å². The van der Waals surface area contributed by atoms with Crippen LogP contribution in [-0.2, 0) is 20.7 Å². The summed E-state index contributed by atoms with van der Waals surface area (Å²) in [7, 11) is 0. The zero-order valence-corrected chi connectivity index (χ0v) is 15.4. The smallest absolute Gasteiger partial charge is 0.227 e. The minimum Gasteiger partial charge on any atom is -0.343 e. The summed E-state index contributed by atoms with van der Waals surface area (Å²) in [5.74, 6) is -0.322. The molecule has 0 unspecified atom stereocenters. The lowest BCUT2D eigenvalue weighted by atomic mass is 10.1. The fourth-order valence-electron chi connectivity index (χ4n) is 4.84. The van der Waals surface area contributed by atoms with Crippen LogP contribution in [-0.4, -0.2) is 46.5 Å². The first-order valence-electron chi connectivity index (χ1n) is 9.64. The number of carbonyl (C=O) groups excluding carboxylic acids is 2. The van der Waals surface area contributed by atoms with Crippen molar-refractivity contribution in [2.45, 2.75) is 37.1 Å². The number of amides is 2. The van der Waals surface area contributed by atoms with Crippen molar-refractivity contribution in [3.05, 3.63) is 71.5 Å². The van der Waals surface area contributed by atoms with Crippen molar-refractivity contribution in [3.8, 4) is 0 Å². The van der Waals surface area contributed by atoms with E-state index in [2.05, 4.69) is 0 Å². The van der Waals surface area contributed by atoms with Gasteiger partial charge < -0.3 is 14.5 Å². The average Bonchev–Trinajstić information content (AvgIpc) is 3.33. The van der Waals surface area contributed by atoms with Crippen LogP contribution in [0.4, 0.5) is 4.39 Å². The maximum absolute atomic E-state index is 13.1. The van der Waals surface area contributed by atoms with E-state index in [1.165, 1.54) is 12.1 Å². The standard InChI is InChI=1S/C22H21FN2O3/c23-17-8-6-15(7-9-17)12-20(26)24-11-10-22-19(24)13-21(27)25(22)14-18(28-22)16-4-2-1-3-5-16/h1-9,18-19H,10-14H2/t18-,19-,22+/m1/s1. The van der Waals surface area contributed by atoms with E-state index in [0.717, 1.165) is 11.1 Å². The summed E-state index contributed by atoms with van der Waals surface area (Å²) < 4.78 is 19.6. The first-order valence-corrected chi connectivity index (χ1v) is 9.64. The van der Waals surface area contributed by atoms with Gasteiger partial charge in [0.2, 0.25) is 11.8 Å². The quantitative estimate of drug-likeness (QED) is 0.823. The highest BCUT2D eigenvalue weighted by molar-refractivity contribution is 5.85. The molecule has 0 saturated carbocycles. The van der Waals surface area contributed by atoms with Gasteiger partial charge in [0.1, 0.15) is 11.9 Å². The fourth-order valence-corrected chi connectivity index (χ4v) is 4.84. The Labute approximate surface area is 162 Å². The minimum atomic E-state index is -0.712. The van der Waals surface area contributed by atoms with Gasteiger partial charge in [-0.05, 0) is 23.3 Å². The Morgan fingerprint density at radius 3 is 2.64 bits per heavy atom. The molecule has 2 aromatic rings. The summed E-state index contributed by atoms with van der Waals surface area (Å²) in [6.07, 6.45) is 0.960. The van der Waals surface area contributed by atoms with Gasteiger partial charge in [0.15, 0.2) is 5.72 Å². The lowest BCUT2D eigenvalue weighted by Gasteiger charge is -2.32. The second-order valence-electron chi connectivity index (χ2n) is 7.73. The van der Waals surface area contributed by atoms with Crippen molar-refractivity contribution in [2.75, 3.05) is 13.1 Å². The lowest BCUT2D eigenvalue weighted by molar-refractivity contribution is -0.142. The molecule has 3 atom stereocenters. The zero-order chi connectivity index (χ0) is 19.3. The zero-order valence-electron chi connectivity index (χ0n) is 15.4. The number of benzene rings is 2. The molecule has 144 valence electrons. The van der Waals surface area contributed by atoms with Crippen LogP contribution in [0.3, 0.4) is 0 Å². The topological polar surface area (TPSA) is 49.9 Å². The summed E-state index contributed by atoms with van der Waals surface area (Å²) in [4.78, 5) is 29.2. The molecule has 0 radical (unpaired) electrons. The van der Waals surface area contributed by atoms with Gasteiger partial charge in [-0.1, -0.05) is 42.5 Å². The van der Waals surface area contributed by atoms with Crippen LogP contribution < -0.4 is 0 Å². The summed E-state index contributed by atoms with van der Waals surface area (Å²) in [6, 6.07) is 15.6. The van der Waals surface area contributed by atoms with Crippen molar-refractivity contribution < 1.29 is 18.7 Å². The van der Waals surface area contributed by atoms with Gasteiger partial charge in [0, 0.05) is 13.0 Å². The fraction of sp³-hybridized carbons (Fsp3) is 0.364. The third-order valence-corrected chi connectivity index (χ3v) is 6.19. The molecular weight excluding hydrogens is 359 g/mol. The van der Waals surface area contributed by atoms with E-state index in [0.29, 0.717) is 25.9 Å². The summed E-state index contributed by atoms with van der Waals surface area (Å²) >= 11 is 0. The molecule has 3 saturated heterocycles. The molecule has 2 aromatic carbocycles. The van der Waals surface area contributed by atoms with Crippen molar-refractivity contribution in [1.82, 2.24) is 9.80 Å². The van der Waals surface area contributed by atoms with E-state index in [-0.39, 0.29) is 36.2 Å².